The summed E-state index contributed by atoms with van der Waals surface area (Å²) < 4.78 is 10.3. The number of piperidine rings is 1. The Morgan fingerprint density at radius 2 is 2.22 bits per heavy atom. The van der Waals surface area contributed by atoms with Crippen molar-refractivity contribution in [2.45, 2.75) is 26.7 Å². The molecule has 2 heterocycles. The van der Waals surface area contributed by atoms with E-state index in [1.807, 2.05) is 0 Å². The van der Waals surface area contributed by atoms with Crippen molar-refractivity contribution in [3.63, 3.8) is 0 Å². The summed E-state index contributed by atoms with van der Waals surface area (Å²) in [7, 11) is 0. The average molecular weight is 324 g/mol. The standard InChI is InChI=1S/C14H20N4O5/c1-3-22-13-11(18(20)21)12(15-9-16-13)17-7-5-6-10(8-17)14(19)23-4-2/h9-10H,3-8H2,1-2H3. The van der Waals surface area contributed by atoms with E-state index in [0.717, 1.165) is 6.42 Å². The van der Waals surface area contributed by atoms with Gasteiger partial charge in [0.2, 0.25) is 5.82 Å². The SMILES string of the molecule is CCOC(=O)C1CCCN(c2ncnc(OCC)c2[N+](=O)[O-])C1. The van der Waals surface area contributed by atoms with Crippen molar-refractivity contribution < 1.29 is 19.2 Å². The minimum absolute atomic E-state index is 0.0549. The number of carbonyl (C=O) groups excluding carboxylic acids is 1. The highest BCUT2D eigenvalue weighted by atomic mass is 16.6. The number of hydrogen-bond acceptors (Lipinski definition) is 8. The number of carbonyl (C=O) groups is 1. The summed E-state index contributed by atoms with van der Waals surface area (Å²) in [5.41, 5.74) is -0.265. The lowest BCUT2D eigenvalue weighted by Crippen LogP contribution is -2.40. The van der Waals surface area contributed by atoms with Gasteiger partial charge in [0.15, 0.2) is 0 Å². The maximum atomic E-state index is 11.9. The van der Waals surface area contributed by atoms with Crippen LogP contribution in [0.1, 0.15) is 26.7 Å². The predicted molar refractivity (Wildman–Crippen MR) is 81.4 cm³/mol. The lowest BCUT2D eigenvalue weighted by atomic mass is 9.98. The molecule has 0 radical (unpaired) electrons. The quantitative estimate of drug-likeness (QED) is 0.441. The second-order valence-corrected chi connectivity index (χ2v) is 5.08. The van der Waals surface area contributed by atoms with E-state index in [-0.39, 0.29) is 35.9 Å². The van der Waals surface area contributed by atoms with Crippen LogP contribution in [0.2, 0.25) is 0 Å². The molecule has 0 spiro atoms. The highest BCUT2D eigenvalue weighted by molar-refractivity contribution is 5.74. The summed E-state index contributed by atoms with van der Waals surface area (Å²) in [5.74, 6) is -0.462. The Morgan fingerprint density at radius 3 is 2.87 bits per heavy atom. The monoisotopic (exact) mass is 324 g/mol. The van der Waals surface area contributed by atoms with Crippen molar-refractivity contribution in [1.29, 1.82) is 0 Å². The summed E-state index contributed by atoms with van der Waals surface area (Å²) >= 11 is 0. The second kappa shape index (κ2) is 7.70. The summed E-state index contributed by atoms with van der Waals surface area (Å²) in [4.78, 5) is 32.4. The van der Waals surface area contributed by atoms with Gasteiger partial charge < -0.3 is 14.4 Å². The molecular weight excluding hydrogens is 304 g/mol. The Labute approximate surface area is 133 Å². The van der Waals surface area contributed by atoms with Gasteiger partial charge in [-0.25, -0.2) is 4.98 Å². The van der Waals surface area contributed by atoms with Crippen LogP contribution in [0.3, 0.4) is 0 Å². The van der Waals surface area contributed by atoms with E-state index in [1.54, 1.807) is 18.7 Å². The summed E-state index contributed by atoms with van der Waals surface area (Å²) in [6.07, 6.45) is 2.67. The summed E-state index contributed by atoms with van der Waals surface area (Å²) in [5, 5.41) is 11.4. The molecule has 23 heavy (non-hydrogen) atoms. The van der Waals surface area contributed by atoms with Crippen LogP contribution >= 0.6 is 0 Å². The van der Waals surface area contributed by atoms with E-state index in [2.05, 4.69) is 9.97 Å². The maximum absolute atomic E-state index is 11.9. The molecule has 0 aliphatic carbocycles. The zero-order chi connectivity index (χ0) is 16.8. The zero-order valence-corrected chi connectivity index (χ0v) is 13.2. The Bertz CT molecular complexity index is 580. The third kappa shape index (κ3) is 3.85. The first-order valence-corrected chi connectivity index (χ1v) is 7.62. The number of anilines is 1. The van der Waals surface area contributed by atoms with Crippen LogP contribution in [0, 0.1) is 16.0 Å². The Hall–Kier alpha value is -2.45. The number of nitro groups is 1. The van der Waals surface area contributed by atoms with Gasteiger partial charge in [-0.1, -0.05) is 0 Å². The fourth-order valence-electron chi connectivity index (χ4n) is 2.61. The molecule has 1 saturated heterocycles. The minimum Gasteiger partial charge on any atom is -0.473 e. The van der Waals surface area contributed by atoms with Crippen LogP contribution < -0.4 is 9.64 Å². The second-order valence-electron chi connectivity index (χ2n) is 5.08. The van der Waals surface area contributed by atoms with E-state index in [1.165, 1.54) is 6.33 Å². The minimum atomic E-state index is -0.547. The van der Waals surface area contributed by atoms with E-state index in [9.17, 15) is 14.9 Å². The van der Waals surface area contributed by atoms with Crippen LogP contribution in [0.5, 0.6) is 5.88 Å². The van der Waals surface area contributed by atoms with E-state index in [4.69, 9.17) is 9.47 Å². The Kier molecular flexibility index (Phi) is 5.67. The molecule has 1 unspecified atom stereocenters. The zero-order valence-electron chi connectivity index (χ0n) is 13.2. The van der Waals surface area contributed by atoms with Crippen LogP contribution in [-0.4, -0.2) is 47.2 Å². The molecule has 1 fully saturated rings. The molecule has 1 aromatic heterocycles. The maximum Gasteiger partial charge on any atom is 0.372 e. The Morgan fingerprint density at radius 1 is 1.43 bits per heavy atom. The molecule has 0 bridgehead atoms. The molecule has 0 aromatic carbocycles. The van der Waals surface area contributed by atoms with Crippen molar-refractivity contribution in [1.82, 2.24) is 9.97 Å². The third-order valence-electron chi connectivity index (χ3n) is 3.57. The van der Waals surface area contributed by atoms with E-state index >= 15 is 0 Å². The highest BCUT2D eigenvalue weighted by Gasteiger charge is 2.33. The van der Waals surface area contributed by atoms with Crippen LogP contribution in [0.15, 0.2) is 6.33 Å². The fraction of sp³-hybridized carbons (Fsp3) is 0.643. The van der Waals surface area contributed by atoms with Crippen LogP contribution in [-0.2, 0) is 9.53 Å². The number of esters is 1. The molecule has 9 nitrogen and oxygen atoms in total. The predicted octanol–water partition coefficient (Wildman–Crippen LogP) is 1.56. The first-order chi connectivity index (χ1) is 11.1. The lowest BCUT2D eigenvalue weighted by Gasteiger charge is -2.31. The topological polar surface area (TPSA) is 108 Å². The molecular formula is C14H20N4O5. The van der Waals surface area contributed by atoms with Crippen molar-refractivity contribution in [3.05, 3.63) is 16.4 Å². The van der Waals surface area contributed by atoms with Gasteiger partial charge in [0.1, 0.15) is 6.33 Å². The lowest BCUT2D eigenvalue weighted by molar-refractivity contribution is -0.385. The van der Waals surface area contributed by atoms with Gasteiger partial charge in [-0.15, -0.1) is 0 Å². The van der Waals surface area contributed by atoms with Gasteiger partial charge in [-0.2, -0.15) is 4.98 Å². The van der Waals surface area contributed by atoms with Crippen molar-refractivity contribution in [2.24, 2.45) is 5.92 Å². The van der Waals surface area contributed by atoms with E-state index < -0.39 is 4.92 Å². The smallest absolute Gasteiger partial charge is 0.372 e. The Balaban J connectivity index is 2.28. The molecule has 9 heteroatoms. The van der Waals surface area contributed by atoms with Gasteiger partial charge in [0.25, 0.3) is 5.88 Å². The number of ether oxygens (including phenoxy) is 2. The number of nitrogens with zero attached hydrogens (tertiary/aromatic N) is 4. The van der Waals surface area contributed by atoms with Crippen LogP contribution in [0.25, 0.3) is 0 Å². The fourth-order valence-corrected chi connectivity index (χ4v) is 2.61. The summed E-state index contributed by atoms with van der Waals surface area (Å²) in [6, 6.07) is 0. The molecule has 2 rings (SSSR count). The van der Waals surface area contributed by atoms with Gasteiger partial charge in [-0.05, 0) is 26.7 Å². The van der Waals surface area contributed by atoms with Crippen molar-refractivity contribution in [3.8, 4) is 5.88 Å². The highest BCUT2D eigenvalue weighted by Crippen LogP contribution is 2.35. The van der Waals surface area contributed by atoms with Crippen molar-refractivity contribution >= 4 is 17.5 Å². The molecule has 0 N–H and O–H groups in total. The number of rotatable bonds is 6. The molecule has 0 amide bonds. The normalized spacial score (nSPS) is 17.7. The molecule has 1 aromatic rings. The van der Waals surface area contributed by atoms with Gasteiger partial charge >= 0.3 is 11.7 Å². The third-order valence-corrected chi connectivity index (χ3v) is 3.57. The van der Waals surface area contributed by atoms with Crippen LogP contribution in [0.4, 0.5) is 11.5 Å². The average Bonchev–Trinajstić information content (AvgIpc) is 2.55. The largest absolute Gasteiger partial charge is 0.473 e. The first-order valence-electron chi connectivity index (χ1n) is 7.62. The molecule has 1 aliphatic rings. The molecule has 126 valence electrons. The molecule has 1 aliphatic heterocycles. The number of hydrogen-bond donors (Lipinski definition) is 0. The summed E-state index contributed by atoms with van der Waals surface area (Å²) in [6.45, 7) is 4.98. The van der Waals surface area contributed by atoms with Gasteiger partial charge in [0.05, 0.1) is 24.1 Å². The van der Waals surface area contributed by atoms with Gasteiger partial charge in [-0.3, -0.25) is 14.9 Å². The van der Waals surface area contributed by atoms with E-state index in [0.29, 0.717) is 26.1 Å². The van der Waals surface area contributed by atoms with Crippen molar-refractivity contribution in [2.75, 3.05) is 31.2 Å². The number of aromatic nitrogens is 2. The molecule has 0 saturated carbocycles. The molecule has 1 atom stereocenters. The first kappa shape index (κ1) is 16.9. The van der Waals surface area contributed by atoms with Gasteiger partial charge in [0, 0.05) is 13.1 Å².